The van der Waals surface area contributed by atoms with Gasteiger partial charge in [-0.3, -0.25) is 0 Å². The van der Waals surface area contributed by atoms with E-state index in [2.05, 4.69) is 24.9 Å². The SMILES string of the molecule is O=C(O)c1cnc(N=CC[C@H](CC2CCC2)OCc2c(-c3ccccc3OC(F)(F)F)noc2C2CC2)cn1. The molecule has 0 amide bonds. The topological polar surface area (TPSA) is 120 Å². The highest BCUT2D eigenvalue weighted by Gasteiger charge is 2.36. The molecule has 0 aliphatic heterocycles. The van der Waals surface area contributed by atoms with Crippen LogP contribution in [0, 0.1) is 5.92 Å². The van der Waals surface area contributed by atoms with Crippen LogP contribution in [-0.4, -0.2) is 44.9 Å². The second-order valence-corrected chi connectivity index (χ2v) is 9.77. The molecule has 0 saturated heterocycles. The number of carboxylic acids is 1. The highest BCUT2D eigenvalue weighted by Crippen LogP contribution is 2.46. The van der Waals surface area contributed by atoms with Gasteiger partial charge in [-0.25, -0.2) is 19.8 Å². The Hall–Kier alpha value is -3.80. The molecule has 1 atom stereocenters. The molecule has 1 aromatic carbocycles. The molecule has 9 nitrogen and oxygen atoms in total. The van der Waals surface area contributed by atoms with Gasteiger partial charge in [0.05, 0.1) is 25.1 Å². The van der Waals surface area contributed by atoms with Gasteiger partial charge in [0, 0.05) is 29.7 Å². The Morgan fingerprint density at radius 1 is 1.18 bits per heavy atom. The molecule has 3 aromatic rings. The first kappa shape index (κ1) is 26.8. The first-order chi connectivity index (χ1) is 18.8. The van der Waals surface area contributed by atoms with Gasteiger partial charge in [0.2, 0.25) is 0 Å². The highest BCUT2D eigenvalue weighted by molar-refractivity contribution is 5.84. The summed E-state index contributed by atoms with van der Waals surface area (Å²) in [5.74, 6) is 0.0920. The van der Waals surface area contributed by atoms with Crippen LogP contribution in [-0.2, 0) is 11.3 Å². The van der Waals surface area contributed by atoms with E-state index in [-0.39, 0.29) is 47.1 Å². The molecule has 1 N–H and O–H groups in total. The predicted molar refractivity (Wildman–Crippen MR) is 133 cm³/mol. The molecule has 0 bridgehead atoms. The number of aromatic nitrogens is 3. The maximum atomic E-state index is 13.1. The summed E-state index contributed by atoms with van der Waals surface area (Å²) >= 11 is 0. The fourth-order valence-corrected chi connectivity index (χ4v) is 4.51. The highest BCUT2D eigenvalue weighted by atomic mass is 19.4. The Bertz CT molecular complexity index is 1320. The summed E-state index contributed by atoms with van der Waals surface area (Å²) in [6.07, 6.45) is 5.56. The number of carbonyl (C=O) groups is 1. The van der Waals surface area contributed by atoms with Gasteiger partial charge in [0.25, 0.3) is 0 Å². The summed E-state index contributed by atoms with van der Waals surface area (Å²) in [5, 5.41) is 13.1. The molecule has 2 saturated carbocycles. The lowest BCUT2D eigenvalue weighted by molar-refractivity contribution is -0.274. The van der Waals surface area contributed by atoms with Gasteiger partial charge in [-0.05, 0) is 37.3 Å². The molecule has 2 aliphatic carbocycles. The molecule has 2 aromatic heterocycles. The molecule has 12 heteroatoms. The molecule has 2 aliphatic rings. The number of hydrogen-bond donors (Lipinski definition) is 1. The maximum Gasteiger partial charge on any atom is 0.573 e. The molecule has 39 heavy (non-hydrogen) atoms. The number of benzene rings is 1. The summed E-state index contributed by atoms with van der Waals surface area (Å²) in [6, 6.07) is 5.86. The fraction of sp³-hybridized carbons (Fsp3) is 0.444. The van der Waals surface area contributed by atoms with Crippen LogP contribution >= 0.6 is 0 Å². The second-order valence-electron chi connectivity index (χ2n) is 9.77. The van der Waals surface area contributed by atoms with Gasteiger partial charge in [-0.2, -0.15) is 0 Å². The lowest BCUT2D eigenvalue weighted by Gasteiger charge is -2.29. The number of alkyl halides is 3. The van der Waals surface area contributed by atoms with E-state index < -0.39 is 12.3 Å². The number of halogens is 3. The van der Waals surface area contributed by atoms with Crippen molar-refractivity contribution < 1.29 is 37.1 Å². The molecule has 2 heterocycles. The van der Waals surface area contributed by atoms with Crippen molar-refractivity contribution in [1.29, 1.82) is 0 Å². The zero-order valence-electron chi connectivity index (χ0n) is 20.9. The van der Waals surface area contributed by atoms with E-state index in [1.165, 1.54) is 30.8 Å². The molecule has 5 rings (SSSR count). The predicted octanol–water partition coefficient (Wildman–Crippen LogP) is 6.47. The number of ether oxygens (including phenoxy) is 2. The van der Waals surface area contributed by atoms with Crippen LogP contribution < -0.4 is 4.74 Å². The van der Waals surface area contributed by atoms with Crippen molar-refractivity contribution in [2.24, 2.45) is 10.9 Å². The Kier molecular flexibility index (Phi) is 7.92. The number of nitrogens with zero attached hydrogens (tertiary/aromatic N) is 4. The third-order valence-corrected chi connectivity index (χ3v) is 6.87. The average Bonchev–Trinajstić information content (AvgIpc) is 3.63. The minimum Gasteiger partial charge on any atom is -0.476 e. The molecule has 0 spiro atoms. The summed E-state index contributed by atoms with van der Waals surface area (Å²) in [6.45, 7) is 0.114. The van der Waals surface area contributed by atoms with Crippen molar-refractivity contribution in [3.8, 4) is 17.0 Å². The molecule has 0 unspecified atom stereocenters. The van der Waals surface area contributed by atoms with Gasteiger partial charge >= 0.3 is 12.3 Å². The van der Waals surface area contributed by atoms with Gasteiger partial charge < -0.3 is 19.1 Å². The third kappa shape index (κ3) is 6.99. The smallest absolute Gasteiger partial charge is 0.476 e. The van der Waals surface area contributed by atoms with Gasteiger partial charge in [0.15, 0.2) is 11.5 Å². The minimum atomic E-state index is -4.85. The third-order valence-electron chi connectivity index (χ3n) is 6.87. The van der Waals surface area contributed by atoms with Crippen LogP contribution in [0.15, 0.2) is 46.2 Å². The van der Waals surface area contributed by atoms with Crippen LogP contribution in [0.3, 0.4) is 0 Å². The van der Waals surface area contributed by atoms with Crippen molar-refractivity contribution in [2.75, 3.05) is 0 Å². The van der Waals surface area contributed by atoms with Gasteiger partial charge in [-0.1, -0.05) is 36.6 Å². The summed E-state index contributed by atoms with van der Waals surface area (Å²) in [4.78, 5) is 23.0. The first-order valence-electron chi connectivity index (χ1n) is 12.8. The zero-order valence-corrected chi connectivity index (χ0v) is 20.9. The Labute approximate surface area is 222 Å². The standard InChI is InChI=1S/C27H27F3N4O5/c28-27(29,30)38-22-7-2-1-6-19(22)24-20(25(39-34-24)17-8-9-17)15-37-18(12-16-4-3-5-16)10-11-31-23-14-32-21(13-33-23)26(35)36/h1-2,6-7,11,13-14,16-18H,3-5,8-10,12,15H2,(H,35,36)/t18-/m1/s1. The Morgan fingerprint density at radius 2 is 1.97 bits per heavy atom. The lowest BCUT2D eigenvalue weighted by atomic mass is 9.81. The van der Waals surface area contributed by atoms with Crippen molar-refractivity contribution in [3.63, 3.8) is 0 Å². The normalized spacial score (nSPS) is 16.8. The summed E-state index contributed by atoms with van der Waals surface area (Å²) in [7, 11) is 0. The largest absolute Gasteiger partial charge is 0.573 e. The van der Waals surface area contributed by atoms with E-state index in [4.69, 9.17) is 14.4 Å². The fourth-order valence-electron chi connectivity index (χ4n) is 4.51. The number of aromatic carboxylic acids is 1. The first-order valence-corrected chi connectivity index (χ1v) is 12.8. The maximum absolute atomic E-state index is 13.1. The van der Waals surface area contributed by atoms with E-state index in [0.29, 0.717) is 23.7 Å². The van der Waals surface area contributed by atoms with E-state index >= 15 is 0 Å². The van der Waals surface area contributed by atoms with E-state index in [9.17, 15) is 18.0 Å². The van der Waals surface area contributed by atoms with Crippen LogP contribution in [0.2, 0.25) is 0 Å². The summed E-state index contributed by atoms with van der Waals surface area (Å²) < 4.78 is 55.4. The van der Waals surface area contributed by atoms with Crippen molar-refractivity contribution >= 4 is 18.0 Å². The summed E-state index contributed by atoms with van der Waals surface area (Å²) in [5.41, 5.74) is 0.922. The average molecular weight is 545 g/mol. The molecule has 2 fully saturated rings. The van der Waals surface area contributed by atoms with Crippen LogP contribution in [0.25, 0.3) is 11.3 Å². The molecular formula is C27H27F3N4O5. The van der Waals surface area contributed by atoms with E-state index in [0.717, 1.165) is 38.3 Å². The van der Waals surface area contributed by atoms with Crippen molar-refractivity contribution in [2.45, 2.75) is 69.9 Å². The molecule has 206 valence electrons. The van der Waals surface area contributed by atoms with Gasteiger partial charge in [0.1, 0.15) is 17.2 Å². The monoisotopic (exact) mass is 544 g/mol. The van der Waals surface area contributed by atoms with Crippen LogP contribution in [0.1, 0.15) is 72.7 Å². The molecular weight excluding hydrogens is 517 g/mol. The Morgan fingerprint density at radius 3 is 2.62 bits per heavy atom. The van der Waals surface area contributed by atoms with Crippen LogP contribution in [0.4, 0.5) is 19.0 Å². The number of aliphatic imine (C=N–C) groups is 1. The number of para-hydroxylation sites is 1. The van der Waals surface area contributed by atoms with E-state index in [1.54, 1.807) is 12.3 Å². The van der Waals surface area contributed by atoms with Gasteiger partial charge in [-0.15, -0.1) is 13.2 Å². The van der Waals surface area contributed by atoms with E-state index in [1.807, 2.05) is 0 Å². The van der Waals surface area contributed by atoms with Crippen molar-refractivity contribution in [3.05, 3.63) is 53.7 Å². The minimum absolute atomic E-state index is 0.114. The number of carboxylic acid groups (broad SMARTS) is 1. The lowest BCUT2D eigenvalue weighted by Crippen LogP contribution is -2.22. The van der Waals surface area contributed by atoms with Crippen molar-refractivity contribution in [1.82, 2.24) is 15.1 Å². The molecule has 0 radical (unpaired) electrons. The second kappa shape index (κ2) is 11.5. The number of rotatable bonds is 12. The zero-order chi connectivity index (χ0) is 27.4. The Balaban J connectivity index is 1.33. The number of hydrogen-bond acceptors (Lipinski definition) is 8. The van der Waals surface area contributed by atoms with Crippen LogP contribution in [0.5, 0.6) is 5.75 Å². The quantitative estimate of drug-likeness (QED) is 0.258.